The number of nitrogens with zero attached hydrogens (tertiary/aromatic N) is 3. The lowest BCUT2D eigenvalue weighted by molar-refractivity contribution is -0.137. The van der Waals surface area contributed by atoms with Crippen molar-refractivity contribution in [1.82, 2.24) is 9.21 Å². The highest BCUT2D eigenvalue weighted by molar-refractivity contribution is 7.89. The number of piperazine rings is 1. The molecule has 4 rings (SSSR count). The van der Waals surface area contributed by atoms with Gasteiger partial charge in [-0.25, -0.2) is 8.42 Å². The Kier molecular flexibility index (Phi) is 8.75. The van der Waals surface area contributed by atoms with Crippen LogP contribution >= 0.6 is 11.6 Å². The Morgan fingerprint density at radius 1 is 0.974 bits per heavy atom. The zero-order valence-corrected chi connectivity index (χ0v) is 21.8. The van der Waals surface area contributed by atoms with Crippen LogP contribution < -0.4 is 0 Å². The van der Waals surface area contributed by atoms with Crippen molar-refractivity contribution >= 4 is 21.6 Å². The van der Waals surface area contributed by atoms with E-state index in [-0.39, 0.29) is 30.2 Å². The lowest BCUT2D eigenvalue weighted by Crippen LogP contribution is -2.49. The van der Waals surface area contributed by atoms with Gasteiger partial charge >= 0.3 is 6.18 Å². The van der Waals surface area contributed by atoms with Gasteiger partial charge < -0.3 is 4.74 Å². The molecule has 1 heterocycles. The molecular weight excluding hydrogens is 539 g/mol. The van der Waals surface area contributed by atoms with Crippen molar-refractivity contribution in [3.63, 3.8) is 0 Å². The standard InChI is InChI=1S/C27H25ClF3N3O3S/c28-24-10-6-22(7-11-24)26(37-19-20-4-8-23(9-5-20)27(29,30)31)18-33-12-14-34(15-13-33)38(35,36)25-3-1-2-21(16-25)17-32/h1-11,16,26H,12-15,18-19H2/t26-/m1/s1. The average Bonchev–Trinajstić information content (AvgIpc) is 2.91. The monoisotopic (exact) mass is 563 g/mol. The second-order valence-electron chi connectivity index (χ2n) is 8.89. The highest BCUT2D eigenvalue weighted by Gasteiger charge is 2.31. The number of rotatable bonds is 8. The number of nitriles is 1. The predicted molar refractivity (Wildman–Crippen MR) is 137 cm³/mol. The highest BCUT2D eigenvalue weighted by Crippen LogP contribution is 2.30. The van der Waals surface area contributed by atoms with Crippen molar-refractivity contribution in [1.29, 1.82) is 5.26 Å². The first-order valence-corrected chi connectivity index (χ1v) is 13.6. The molecule has 11 heteroatoms. The highest BCUT2D eigenvalue weighted by atomic mass is 35.5. The van der Waals surface area contributed by atoms with Crippen molar-refractivity contribution in [3.05, 3.63) is 100 Å². The lowest BCUT2D eigenvalue weighted by Gasteiger charge is -2.36. The summed E-state index contributed by atoms with van der Waals surface area (Å²) in [5, 5.41) is 9.66. The van der Waals surface area contributed by atoms with E-state index in [1.54, 1.807) is 24.3 Å². The molecule has 200 valence electrons. The fourth-order valence-corrected chi connectivity index (χ4v) is 5.78. The van der Waals surface area contributed by atoms with E-state index in [0.717, 1.165) is 17.7 Å². The fraction of sp³-hybridized carbons (Fsp3) is 0.296. The van der Waals surface area contributed by atoms with Crippen LogP contribution in [-0.2, 0) is 27.5 Å². The smallest absolute Gasteiger partial charge is 0.368 e. The van der Waals surface area contributed by atoms with Gasteiger partial charge in [-0.2, -0.15) is 22.7 Å². The maximum absolute atomic E-state index is 13.1. The Morgan fingerprint density at radius 2 is 1.63 bits per heavy atom. The van der Waals surface area contributed by atoms with Crippen molar-refractivity contribution < 1.29 is 26.3 Å². The predicted octanol–water partition coefficient (Wildman–Crippen LogP) is 5.49. The van der Waals surface area contributed by atoms with Crippen LogP contribution in [0.3, 0.4) is 0 Å². The Morgan fingerprint density at radius 3 is 2.24 bits per heavy atom. The molecule has 1 saturated heterocycles. The van der Waals surface area contributed by atoms with Crippen molar-refractivity contribution in [2.75, 3.05) is 32.7 Å². The molecule has 0 aromatic heterocycles. The molecule has 38 heavy (non-hydrogen) atoms. The molecule has 1 aliphatic heterocycles. The third-order valence-corrected chi connectivity index (χ3v) is 8.48. The van der Waals surface area contributed by atoms with Crippen LogP contribution in [0.15, 0.2) is 77.7 Å². The molecule has 6 nitrogen and oxygen atoms in total. The number of hydrogen-bond acceptors (Lipinski definition) is 5. The number of alkyl halides is 3. The molecule has 0 aliphatic carbocycles. The summed E-state index contributed by atoms with van der Waals surface area (Å²) < 4.78 is 72.3. The Labute approximate surface area is 224 Å². The molecule has 3 aromatic carbocycles. The SMILES string of the molecule is N#Cc1cccc(S(=O)(=O)N2CCN(C[C@@H](OCc3ccc(C(F)(F)F)cc3)c3ccc(Cl)cc3)CC2)c1. The van der Waals surface area contributed by atoms with Crippen molar-refractivity contribution in [2.24, 2.45) is 0 Å². The van der Waals surface area contributed by atoms with Gasteiger partial charge in [0.15, 0.2) is 0 Å². The summed E-state index contributed by atoms with van der Waals surface area (Å²) >= 11 is 6.04. The average molecular weight is 564 g/mol. The lowest BCUT2D eigenvalue weighted by atomic mass is 10.1. The third kappa shape index (κ3) is 6.92. The number of sulfonamides is 1. The second kappa shape index (κ2) is 11.8. The van der Waals surface area contributed by atoms with Crippen LogP contribution in [-0.4, -0.2) is 50.3 Å². The fourth-order valence-electron chi connectivity index (χ4n) is 4.18. The minimum absolute atomic E-state index is 0.0870. The van der Waals surface area contributed by atoms with E-state index in [2.05, 4.69) is 4.90 Å². The van der Waals surface area contributed by atoms with E-state index in [0.29, 0.717) is 30.2 Å². The van der Waals surface area contributed by atoms with Gasteiger partial charge in [0, 0.05) is 37.7 Å². The van der Waals surface area contributed by atoms with Crippen LogP contribution in [0.2, 0.25) is 5.02 Å². The first-order valence-electron chi connectivity index (χ1n) is 11.8. The molecule has 3 aromatic rings. The molecule has 0 bridgehead atoms. The van der Waals surface area contributed by atoms with Gasteiger partial charge in [-0.15, -0.1) is 0 Å². The normalized spacial score (nSPS) is 16.2. The molecule has 0 radical (unpaired) electrons. The molecule has 0 amide bonds. The largest absolute Gasteiger partial charge is 0.416 e. The summed E-state index contributed by atoms with van der Waals surface area (Å²) in [7, 11) is -3.73. The number of halogens is 4. The summed E-state index contributed by atoms with van der Waals surface area (Å²) in [5.41, 5.74) is 1.01. The van der Waals surface area contributed by atoms with Crippen molar-refractivity contribution in [2.45, 2.75) is 23.8 Å². The van der Waals surface area contributed by atoms with Crippen LogP contribution in [0.1, 0.15) is 28.4 Å². The summed E-state index contributed by atoms with van der Waals surface area (Å²) in [6, 6.07) is 19.9. The maximum atomic E-state index is 13.1. The minimum Gasteiger partial charge on any atom is -0.368 e. The number of benzene rings is 3. The molecule has 0 unspecified atom stereocenters. The van der Waals surface area contributed by atoms with Gasteiger partial charge in [-0.05, 0) is 53.6 Å². The number of ether oxygens (including phenoxy) is 1. The summed E-state index contributed by atoms with van der Waals surface area (Å²) in [6.07, 6.45) is -4.82. The zero-order chi connectivity index (χ0) is 27.3. The first-order chi connectivity index (χ1) is 18.1. The van der Waals surface area contributed by atoms with Gasteiger partial charge in [0.25, 0.3) is 0 Å². The minimum atomic E-state index is -4.40. The molecule has 1 fully saturated rings. The van der Waals surface area contributed by atoms with Gasteiger partial charge in [0.1, 0.15) is 0 Å². The van der Waals surface area contributed by atoms with Crippen LogP contribution in [0, 0.1) is 11.3 Å². The number of hydrogen-bond donors (Lipinski definition) is 0. The van der Waals surface area contributed by atoms with Gasteiger partial charge in [-0.1, -0.05) is 41.9 Å². The van der Waals surface area contributed by atoms with E-state index in [1.165, 1.54) is 28.6 Å². The molecule has 0 saturated carbocycles. The van der Waals surface area contributed by atoms with Gasteiger partial charge in [-0.3, -0.25) is 4.90 Å². The summed E-state index contributed by atoms with van der Waals surface area (Å²) in [6.45, 7) is 2.03. The topological polar surface area (TPSA) is 73.6 Å². The molecular formula is C27H25ClF3N3O3S. The van der Waals surface area contributed by atoms with Crippen LogP contribution in [0.4, 0.5) is 13.2 Å². The van der Waals surface area contributed by atoms with E-state index >= 15 is 0 Å². The van der Waals surface area contributed by atoms with Gasteiger partial charge in [0.05, 0.1) is 34.8 Å². The Hall–Kier alpha value is -2.94. The molecule has 1 aliphatic rings. The Bertz CT molecular complexity index is 1380. The van der Waals surface area contributed by atoms with E-state index in [9.17, 15) is 21.6 Å². The quantitative estimate of drug-likeness (QED) is 0.362. The summed E-state index contributed by atoms with van der Waals surface area (Å²) in [4.78, 5) is 2.17. The zero-order valence-electron chi connectivity index (χ0n) is 20.2. The van der Waals surface area contributed by atoms with Gasteiger partial charge in [0.2, 0.25) is 10.0 Å². The van der Waals surface area contributed by atoms with E-state index in [4.69, 9.17) is 21.6 Å². The molecule has 0 N–H and O–H groups in total. The third-order valence-electron chi connectivity index (χ3n) is 6.33. The maximum Gasteiger partial charge on any atom is 0.416 e. The van der Waals surface area contributed by atoms with E-state index < -0.39 is 27.9 Å². The molecule has 1 atom stereocenters. The first kappa shape index (κ1) is 28.1. The van der Waals surface area contributed by atoms with Crippen LogP contribution in [0.25, 0.3) is 0 Å². The summed E-state index contributed by atoms with van der Waals surface area (Å²) in [5.74, 6) is 0. The second-order valence-corrected chi connectivity index (χ2v) is 11.3. The van der Waals surface area contributed by atoms with Crippen LogP contribution in [0.5, 0.6) is 0 Å². The Balaban J connectivity index is 1.42. The van der Waals surface area contributed by atoms with Crippen molar-refractivity contribution in [3.8, 4) is 6.07 Å². The van der Waals surface area contributed by atoms with E-state index in [1.807, 2.05) is 18.2 Å². The molecule has 0 spiro atoms.